The molecule has 0 bridgehead atoms. The molecule has 0 fully saturated rings. The van der Waals surface area contributed by atoms with E-state index in [2.05, 4.69) is 0 Å². The van der Waals surface area contributed by atoms with Crippen LogP contribution in [-0.4, -0.2) is 29.8 Å². The summed E-state index contributed by atoms with van der Waals surface area (Å²) in [6, 6.07) is 4.47. The standard InChI is InChI=1S/C10H8ClF3INO2/c11-5-1-2-7(15)6(3-5)9(18)16-4-8(17)10(12,13)14/h1-3,8,17H,4H2,(H,16,18). The molecular formula is C10H8ClF3INO2. The van der Waals surface area contributed by atoms with Gasteiger partial charge in [-0.15, -0.1) is 0 Å². The van der Waals surface area contributed by atoms with Crippen molar-refractivity contribution in [1.82, 2.24) is 5.32 Å². The molecular weight excluding hydrogens is 385 g/mol. The van der Waals surface area contributed by atoms with Crippen LogP contribution in [0.4, 0.5) is 13.2 Å². The Morgan fingerprint density at radius 1 is 1.50 bits per heavy atom. The third-order valence-electron chi connectivity index (χ3n) is 2.01. The van der Waals surface area contributed by atoms with Gasteiger partial charge in [-0.3, -0.25) is 4.79 Å². The second kappa shape index (κ2) is 6.07. The topological polar surface area (TPSA) is 49.3 Å². The molecule has 1 atom stereocenters. The number of carbonyl (C=O) groups is 1. The summed E-state index contributed by atoms with van der Waals surface area (Å²) in [5.41, 5.74) is 0.164. The van der Waals surface area contributed by atoms with Gasteiger partial charge in [0, 0.05) is 8.59 Å². The van der Waals surface area contributed by atoms with Gasteiger partial charge in [-0.25, -0.2) is 0 Å². The first-order valence-corrected chi connectivity index (χ1v) is 6.15. The maximum Gasteiger partial charge on any atom is 0.416 e. The SMILES string of the molecule is O=C(NCC(O)C(F)(F)F)c1cc(Cl)ccc1I. The Morgan fingerprint density at radius 2 is 2.11 bits per heavy atom. The summed E-state index contributed by atoms with van der Waals surface area (Å²) in [5.74, 6) is -0.717. The number of aliphatic hydroxyl groups excluding tert-OH is 1. The predicted molar refractivity (Wildman–Crippen MR) is 68.6 cm³/mol. The number of aliphatic hydroxyl groups is 1. The van der Waals surface area contributed by atoms with Crippen molar-refractivity contribution in [2.75, 3.05) is 6.54 Å². The lowest BCUT2D eigenvalue weighted by molar-refractivity contribution is -0.201. The molecule has 0 saturated heterocycles. The monoisotopic (exact) mass is 393 g/mol. The molecule has 0 heterocycles. The van der Waals surface area contributed by atoms with Gasteiger partial charge in [0.25, 0.3) is 5.91 Å². The maximum absolute atomic E-state index is 12.0. The van der Waals surface area contributed by atoms with Crippen LogP contribution in [0.1, 0.15) is 10.4 Å². The van der Waals surface area contributed by atoms with Crippen molar-refractivity contribution in [1.29, 1.82) is 0 Å². The Morgan fingerprint density at radius 3 is 2.67 bits per heavy atom. The Labute approximate surface area is 119 Å². The van der Waals surface area contributed by atoms with Crippen LogP contribution in [0, 0.1) is 3.57 Å². The molecule has 0 aliphatic heterocycles. The highest BCUT2D eigenvalue weighted by Gasteiger charge is 2.38. The number of carbonyl (C=O) groups excluding carboxylic acids is 1. The van der Waals surface area contributed by atoms with Crippen molar-refractivity contribution in [3.8, 4) is 0 Å². The maximum atomic E-state index is 12.0. The second-order valence-electron chi connectivity index (χ2n) is 3.39. The molecule has 0 aromatic heterocycles. The summed E-state index contributed by atoms with van der Waals surface area (Å²) >= 11 is 7.54. The van der Waals surface area contributed by atoms with Gasteiger partial charge in [0.2, 0.25) is 0 Å². The van der Waals surface area contributed by atoms with E-state index in [1.54, 1.807) is 12.1 Å². The molecule has 0 spiro atoms. The number of halogens is 5. The van der Waals surface area contributed by atoms with E-state index in [-0.39, 0.29) is 5.56 Å². The first kappa shape index (κ1) is 15.5. The minimum atomic E-state index is -4.76. The van der Waals surface area contributed by atoms with Crippen molar-refractivity contribution in [2.24, 2.45) is 0 Å². The molecule has 1 rings (SSSR count). The second-order valence-corrected chi connectivity index (χ2v) is 4.99. The van der Waals surface area contributed by atoms with Gasteiger partial charge in [-0.1, -0.05) is 11.6 Å². The summed E-state index contributed by atoms with van der Waals surface area (Å²) in [6.45, 7) is -0.898. The van der Waals surface area contributed by atoms with Gasteiger partial charge in [-0.2, -0.15) is 13.2 Å². The minimum Gasteiger partial charge on any atom is -0.382 e. The van der Waals surface area contributed by atoms with Gasteiger partial charge in [0.1, 0.15) is 0 Å². The zero-order valence-corrected chi connectivity index (χ0v) is 11.7. The van der Waals surface area contributed by atoms with E-state index < -0.39 is 24.7 Å². The molecule has 18 heavy (non-hydrogen) atoms. The number of benzene rings is 1. The molecule has 2 N–H and O–H groups in total. The average molecular weight is 394 g/mol. The van der Waals surface area contributed by atoms with Crippen LogP contribution in [0.2, 0.25) is 5.02 Å². The largest absolute Gasteiger partial charge is 0.416 e. The van der Waals surface area contributed by atoms with Crippen LogP contribution in [0.3, 0.4) is 0 Å². The van der Waals surface area contributed by atoms with Crippen LogP contribution in [0.15, 0.2) is 18.2 Å². The van der Waals surface area contributed by atoms with Crippen LogP contribution in [0.5, 0.6) is 0 Å². The highest BCUT2D eigenvalue weighted by atomic mass is 127. The Kier molecular flexibility index (Phi) is 5.23. The Hall–Kier alpha value is -0.540. The fraction of sp³-hybridized carbons (Fsp3) is 0.300. The van der Waals surface area contributed by atoms with E-state index >= 15 is 0 Å². The van der Waals surface area contributed by atoms with E-state index in [4.69, 9.17) is 16.7 Å². The molecule has 1 amide bonds. The number of alkyl halides is 3. The fourth-order valence-electron chi connectivity index (χ4n) is 1.07. The van der Waals surface area contributed by atoms with Crippen LogP contribution in [-0.2, 0) is 0 Å². The van der Waals surface area contributed by atoms with Crippen molar-refractivity contribution in [3.05, 3.63) is 32.4 Å². The summed E-state index contributed by atoms with van der Waals surface area (Å²) in [7, 11) is 0. The molecule has 3 nitrogen and oxygen atoms in total. The van der Waals surface area contributed by atoms with Gasteiger partial charge < -0.3 is 10.4 Å². The van der Waals surface area contributed by atoms with Crippen molar-refractivity contribution in [2.45, 2.75) is 12.3 Å². The Balaban J connectivity index is 2.69. The quantitative estimate of drug-likeness (QED) is 0.776. The smallest absolute Gasteiger partial charge is 0.382 e. The summed E-state index contributed by atoms with van der Waals surface area (Å²) in [5, 5.41) is 11.0. The highest BCUT2D eigenvalue weighted by molar-refractivity contribution is 14.1. The summed E-state index contributed by atoms with van der Waals surface area (Å²) in [6.07, 6.45) is -7.34. The lowest BCUT2D eigenvalue weighted by Gasteiger charge is -2.15. The van der Waals surface area contributed by atoms with E-state index in [1.807, 2.05) is 27.9 Å². The van der Waals surface area contributed by atoms with E-state index in [9.17, 15) is 18.0 Å². The van der Waals surface area contributed by atoms with Crippen LogP contribution in [0.25, 0.3) is 0 Å². The average Bonchev–Trinajstić information content (AvgIpc) is 2.27. The first-order chi connectivity index (χ1) is 8.21. The fourth-order valence-corrected chi connectivity index (χ4v) is 1.82. The first-order valence-electron chi connectivity index (χ1n) is 4.70. The molecule has 0 aliphatic carbocycles. The Bertz CT molecular complexity index is 453. The molecule has 0 radical (unpaired) electrons. The van der Waals surface area contributed by atoms with E-state index in [0.717, 1.165) is 0 Å². The highest BCUT2D eigenvalue weighted by Crippen LogP contribution is 2.20. The normalized spacial score (nSPS) is 13.2. The lowest BCUT2D eigenvalue weighted by Crippen LogP contribution is -2.40. The van der Waals surface area contributed by atoms with Crippen molar-refractivity contribution in [3.63, 3.8) is 0 Å². The summed E-state index contributed by atoms with van der Waals surface area (Å²) in [4.78, 5) is 11.6. The number of nitrogens with one attached hydrogen (secondary N) is 1. The van der Waals surface area contributed by atoms with Crippen molar-refractivity contribution < 1.29 is 23.1 Å². The molecule has 100 valence electrons. The number of hydrogen-bond donors (Lipinski definition) is 2. The van der Waals surface area contributed by atoms with Crippen LogP contribution >= 0.6 is 34.2 Å². The lowest BCUT2D eigenvalue weighted by atomic mass is 10.2. The third-order valence-corrected chi connectivity index (χ3v) is 3.18. The summed E-state index contributed by atoms with van der Waals surface area (Å²) < 4.78 is 36.6. The van der Waals surface area contributed by atoms with Crippen molar-refractivity contribution >= 4 is 40.1 Å². The zero-order valence-electron chi connectivity index (χ0n) is 8.76. The molecule has 0 saturated carbocycles. The zero-order chi connectivity index (χ0) is 13.9. The third kappa shape index (κ3) is 4.29. The number of amides is 1. The number of rotatable bonds is 3. The van der Waals surface area contributed by atoms with Gasteiger partial charge in [-0.05, 0) is 40.8 Å². The van der Waals surface area contributed by atoms with E-state index in [0.29, 0.717) is 8.59 Å². The minimum absolute atomic E-state index is 0.164. The van der Waals surface area contributed by atoms with Gasteiger partial charge in [0.05, 0.1) is 12.1 Å². The molecule has 0 aliphatic rings. The van der Waals surface area contributed by atoms with Gasteiger partial charge in [0.15, 0.2) is 6.10 Å². The number of hydrogen-bond acceptors (Lipinski definition) is 2. The van der Waals surface area contributed by atoms with Crippen LogP contribution < -0.4 is 5.32 Å². The molecule has 8 heteroatoms. The molecule has 1 unspecified atom stereocenters. The predicted octanol–water partition coefficient (Wildman–Crippen LogP) is 2.60. The molecule has 1 aromatic rings. The molecule has 1 aromatic carbocycles. The van der Waals surface area contributed by atoms with Gasteiger partial charge >= 0.3 is 6.18 Å². The van der Waals surface area contributed by atoms with E-state index in [1.165, 1.54) is 6.07 Å².